The number of hydrogen-bond donors (Lipinski definition) is 1. The first-order valence-corrected chi connectivity index (χ1v) is 8.60. The minimum atomic E-state index is -0.921. The molecular weight excluding hydrogens is 324 g/mol. The summed E-state index contributed by atoms with van der Waals surface area (Å²) in [4.78, 5) is 26.2. The maximum absolute atomic E-state index is 13.1. The van der Waals surface area contributed by atoms with Crippen molar-refractivity contribution >= 4 is 11.8 Å². The molecule has 0 saturated carbocycles. The van der Waals surface area contributed by atoms with E-state index in [1.165, 1.54) is 7.11 Å². The minimum Gasteiger partial charge on any atom is -0.377 e. The number of aryl methyl sites for hydroxylation is 1. The van der Waals surface area contributed by atoms with Gasteiger partial charge < -0.3 is 20.1 Å². The number of ether oxygens (including phenoxy) is 2. The number of carbonyl (C=O) groups excluding carboxylic acids is 2. The molecule has 0 aliphatic carbocycles. The van der Waals surface area contributed by atoms with Crippen molar-refractivity contribution in [2.75, 3.05) is 33.4 Å². The Kier molecular flexibility index (Phi) is 6.18. The van der Waals surface area contributed by atoms with Crippen molar-refractivity contribution in [1.82, 2.24) is 14.7 Å². The van der Waals surface area contributed by atoms with Gasteiger partial charge in [-0.2, -0.15) is 5.10 Å². The Morgan fingerprint density at radius 1 is 1.48 bits per heavy atom. The van der Waals surface area contributed by atoms with E-state index in [0.29, 0.717) is 25.4 Å². The maximum atomic E-state index is 13.1. The number of hydrogen-bond acceptors (Lipinski definition) is 5. The number of aromatic nitrogens is 2. The lowest BCUT2D eigenvalue weighted by Crippen LogP contribution is -2.50. The molecule has 2 heterocycles. The fraction of sp³-hybridized carbons (Fsp3) is 0.706. The van der Waals surface area contributed by atoms with Crippen LogP contribution < -0.4 is 5.73 Å². The molecule has 0 spiro atoms. The third-order valence-corrected chi connectivity index (χ3v) is 4.48. The molecule has 2 rings (SSSR count). The Labute approximate surface area is 148 Å². The van der Waals surface area contributed by atoms with Crippen LogP contribution >= 0.6 is 0 Å². The maximum Gasteiger partial charge on any atom is 0.272 e. The first-order chi connectivity index (χ1) is 11.8. The molecule has 0 radical (unpaired) electrons. The fourth-order valence-electron chi connectivity index (χ4n) is 2.99. The lowest BCUT2D eigenvalue weighted by molar-refractivity contribution is -0.129. The van der Waals surface area contributed by atoms with Crippen LogP contribution in [0, 0.1) is 0 Å². The van der Waals surface area contributed by atoms with Gasteiger partial charge in [-0.05, 0) is 18.9 Å². The summed E-state index contributed by atoms with van der Waals surface area (Å²) in [5.74, 6) is -0.391. The molecule has 8 heteroatoms. The molecule has 2 amide bonds. The minimum absolute atomic E-state index is 0.00242. The van der Waals surface area contributed by atoms with E-state index in [1.54, 1.807) is 9.58 Å². The van der Waals surface area contributed by atoms with E-state index in [9.17, 15) is 9.59 Å². The molecule has 1 aliphatic rings. The van der Waals surface area contributed by atoms with E-state index in [-0.39, 0.29) is 31.4 Å². The van der Waals surface area contributed by atoms with Gasteiger partial charge in [0.05, 0.1) is 31.9 Å². The summed E-state index contributed by atoms with van der Waals surface area (Å²) in [6, 6.07) is 1.84. The molecule has 140 valence electrons. The van der Waals surface area contributed by atoms with Crippen molar-refractivity contribution in [3.63, 3.8) is 0 Å². The second-order valence-electron chi connectivity index (χ2n) is 6.73. The lowest BCUT2D eigenvalue weighted by Gasteiger charge is -2.33. The molecule has 1 atom stereocenters. The Hall–Kier alpha value is -1.93. The van der Waals surface area contributed by atoms with E-state index in [2.05, 4.69) is 5.10 Å². The van der Waals surface area contributed by atoms with Crippen molar-refractivity contribution in [2.24, 2.45) is 5.73 Å². The molecule has 1 fully saturated rings. The van der Waals surface area contributed by atoms with Gasteiger partial charge in [0, 0.05) is 20.2 Å². The average molecular weight is 352 g/mol. The Morgan fingerprint density at radius 3 is 2.76 bits per heavy atom. The van der Waals surface area contributed by atoms with E-state index in [0.717, 1.165) is 5.69 Å². The molecule has 25 heavy (non-hydrogen) atoms. The summed E-state index contributed by atoms with van der Waals surface area (Å²) >= 11 is 0. The zero-order valence-electron chi connectivity index (χ0n) is 15.4. The van der Waals surface area contributed by atoms with Crippen molar-refractivity contribution in [3.05, 3.63) is 17.5 Å². The number of amides is 2. The zero-order valence-corrected chi connectivity index (χ0v) is 15.4. The van der Waals surface area contributed by atoms with Gasteiger partial charge in [0.2, 0.25) is 5.91 Å². The Bertz CT molecular complexity index is 628. The second kappa shape index (κ2) is 7.97. The molecule has 1 aromatic heterocycles. The summed E-state index contributed by atoms with van der Waals surface area (Å²) in [6.45, 7) is 7.92. The summed E-state index contributed by atoms with van der Waals surface area (Å²) in [7, 11) is 1.51. The molecule has 8 nitrogen and oxygen atoms in total. The van der Waals surface area contributed by atoms with Crippen LogP contribution in [0.25, 0.3) is 0 Å². The highest BCUT2D eigenvalue weighted by molar-refractivity contribution is 5.93. The summed E-state index contributed by atoms with van der Waals surface area (Å²) in [5, 5.41) is 4.50. The fourth-order valence-corrected chi connectivity index (χ4v) is 2.99. The van der Waals surface area contributed by atoms with E-state index >= 15 is 0 Å². The standard InChI is InChI=1S/C17H28N4O4/c1-5-21-14(8-13(19-21)12(2)3)16(23)20-6-7-25-11-17(10-20,24-4)9-15(18)22/h8,12H,5-7,9-11H2,1-4H3,(H2,18,22). The number of rotatable bonds is 6. The third kappa shape index (κ3) is 4.38. The monoisotopic (exact) mass is 352 g/mol. The largest absolute Gasteiger partial charge is 0.377 e. The van der Waals surface area contributed by atoms with E-state index < -0.39 is 11.5 Å². The highest BCUT2D eigenvalue weighted by Gasteiger charge is 2.39. The summed E-state index contributed by atoms with van der Waals surface area (Å²) in [6.07, 6.45) is -0.00242. The van der Waals surface area contributed by atoms with Gasteiger partial charge in [-0.15, -0.1) is 0 Å². The van der Waals surface area contributed by atoms with Crippen molar-refractivity contribution < 1.29 is 19.1 Å². The van der Waals surface area contributed by atoms with Crippen LogP contribution in [0.5, 0.6) is 0 Å². The smallest absolute Gasteiger partial charge is 0.272 e. The molecule has 0 aromatic carbocycles. The highest BCUT2D eigenvalue weighted by Crippen LogP contribution is 2.23. The van der Waals surface area contributed by atoms with Crippen molar-refractivity contribution in [2.45, 2.75) is 45.3 Å². The van der Waals surface area contributed by atoms with Gasteiger partial charge >= 0.3 is 0 Å². The van der Waals surface area contributed by atoms with Crippen LogP contribution in [-0.2, 0) is 20.8 Å². The number of carbonyl (C=O) groups is 2. The molecular formula is C17H28N4O4. The summed E-state index contributed by atoms with van der Waals surface area (Å²) in [5.41, 5.74) is 5.86. The van der Waals surface area contributed by atoms with Gasteiger partial charge in [0.25, 0.3) is 5.91 Å². The van der Waals surface area contributed by atoms with Gasteiger partial charge in [0.15, 0.2) is 0 Å². The average Bonchev–Trinajstić information content (AvgIpc) is 2.90. The molecule has 1 aromatic rings. The summed E-state index contributed by atoms with van der Waals surface area (Å²) < 4.78 is 12.8. The van der Waals surface area contributed by atoms with Crippen LogP contribution in [-0.4, -0.2) is 65.5 Å². The normalized spacial score (nSPS) is 21.4. The zero-order chi connectivity index (χ0) is 18.6. The van der Waals surface area contributed by atoms with Crippen LogP contribution in [0.2, 0.25) is 0 Å². The molecule has 1 saturated heterocycles. The number of primary amides is 1. The predicted molar refractivity (Wildman–Crippen MR) is 92.3 cm³/mol. The highest BCUT2D eigenvalue weighted by atomic mass is 16.5. The van der Waals surface area contributed by atoms with Gasteiger partial charge in [-0.3, -0.25) is 14.3 Å². The molecule has 1 unspecified atom stereocenters. The van der Waals surface area contributed by atoms with Crippen molar-refractivity contribution in [3.8, 4) is 0 Å². The Balaban J connectivity index is 2.29. The van der Waals surface area contributed by atoms with Crippen LogP contribution in [0.4, 0.5) is 0 Å². The van der Waals surface area contributed by atoms with E-state index in [4.69, 9.17) is 15.2 Å². The first-order valence-electron chi connectivity index (χ1n) is 8.60. The molecule has 1 aliphatic heterocycles. The van der Waals surface area contributed by atoms with Crippen LogP contribution in [0.1, 0.15) is 49.3 Å². The molecule has 0 bridgehead atoms. The number of nitrogens with zero attached hydrogens (tertiary/aromatic N) is 3. The van der Waals surface area contributed by atoms with Crippen molar-refractivity contribution in [1.29, 1.82) is 0 Å². The quantitative estimate of drug-likeness (QED) is 0.815. The Morgan fingerprint density at radius 2 is 2.20 bits per heavy atom. The van der Waals surface area contributed by atoms with Crippen LogP contribution in [0.15, 0.2) is 6.07 Å². The van der Waals surface area contributed by atoms with Gasteiger partial charge in [-0.1, -0.05) is 13.8 Å². The van der Waals surface area contributed by atoms with Gasteiger partial charge in [0.1, 0.15) is 11.3 Å². The lowest BCUT2D eigenvalue weighted by atomic mass is 9.99. The third-order valence-electron chi connectivity index (χ3n) is 4.48. The van der Waals surface area contributed by atoms with Crippen LogP contribution in [0.3, 0.4) is 0 Å². The number of methoxy groups -OCH3 is 1. The van der Waals surface area contributed by atoms with Gasteiger partial charge in [-0.25, -0.2) is 0 Å². The predicted octanol–water partition coefficient (Wildman–Crippen LogP) is 0.759. The second-order valence-corrected chi connectivity index (χ2v) is 6.73. The van der Waals surface area contributed by atoms with E-state index in [1.807, 2.05) is 26.8 Å². The number of nitrogens with two attached hydrogens (primary N) is 1. The topological polar surface area (TPSA) is 99.7 Å². The first kappa shape index (κ1) is 19.4. The molecule has 2 N–H and O–H groups in total. The SMILES string of the molecule is CCn1nc(C(C)C)cc1C(=O)N1CCOCC(CC(N)=O)(OC)C1.